The standard InChI is InChI=1S/C29H32N4O3/c1-31-16-18-32(19-17-31)20-25(21-8-3-2-4-9-21)30-26(34)14-7-15-33-28(35)23-12-5-10-22-11-6-13-24(27(22)23)29(33)36/h2-6,8-13,25H,7,14-20H2,1H3,(H,30,34). The van der Waals surface area contributed by atoms with E-state index in [4.69, 9.17) is 0 Å². The average molecular weight is 485 g/mol. The summed E-state index contributed by atoms with van der Waals surface area (Å²) in [5.41, 5.74) is 2.17. The van der Waals surface area contributed by atoms with Gasteiger partial charge in [0.2, 0.25) is 5.91 Å². The monoisotopic (exact) mass is 484 g/mol. The molecule has 1 N–H and O–H groups in total. The van der Waals surface area contributed by atoms with E-state index in [1.54, 1.807) is 12.1 Å². The Bertz CT molecular complexity index is 1220. The van der Waals surface area contributed by atoms with Gasteiger partial charge in [-0.3, -0.25) is 24.2 Å². The first-order valence-corrected chi connectivity index (χ1v) is 12.6. The van der Waals surface area contributed by atoms with Crippen molar-refractivity contribution in [3.8, 4) is 0 Å². The number of imide groups is 1. The molecule has 0 radical (unpaired) electrons. The van der Waals surface area contributed by atoms with Gasteiger partial charge in [-0.05, 0) is 36.6 Å². The lowest BCUT2D eigenvalue weighted by Crippen LogP contribution is -2.48. The summed E-state index contributed by atoms with van der Waals surface area (Å²) in [5, 5.41) is 4.81. The molecule has 1 unspecified atom stereocenters. The molecule has 3 aromatic carbocycles. The molecule has 7 heteroatoms. The average Bonchev–Trinajstić information content (AvgIpc) is 2.90. The number of nitrogens with zero attached hydrogens (tertiary/aromatic N) is 3. The second-order valence-electron chi connectivity index (χ2n) is 9.71. The van der Waals surface area contributed by atoms with E-state index in [0.717, 1.165) is 49.1 Å². The van der Waals surface area contributed by atoms with E-state index in [1.165, 1.54) is 4.90 Å². The Morgan fingerprint density at radius 2 is 1.50 bits per heavy atom. The number of benzene rings is 3. The molecule has 2 aliphatic heterocycles. The predicted molar refractivity (Wildman–Crippen MR) is 140 cm³/mol. The third kappa shape index (κ3) is 5.03. The van der Waals surface area contributed by atoms with Gasteiger partial charge in [0, 0.05) is 62.2 Å². The van der Waals surface area contributed by atoms with Gasteiger partial charge in [-0.1, -0.05) is 54.6 Å². The summed E-state index contributed by atoms with van der Waals surface area (Å²) < 4.78 is 0. The van der Waals surface area contributed by atoms with Gasteiger partial charge in [0.25, 0.3) is 11.8 Å². The fraction of sp³-hybridized carbons (Fsp3) is 0.345. The molecule has 3 aromatic rings. The van der Waals surface area contributed by atoms with Gasteiger partial charge >= 0.3 is 0 Å². The van der Waals surface area contributed by atoms with E-state index in [-0.39, 0.29) is 36.7 Å². The van der Waals surface area contributed by atoms with Gasteiger partial charge in [0.05, 0.1) is 6.04 Å². The number of nitrogens with one attached hydrogen (secondary N) is 1. The Kier molecular flexibility index (Phi) is 7.11. The number of likely N-dealkylation sites (N-methyl/N-ethyl adjacent to an activating group) is 1. The normalized spacial score (nSPS) is 17.4. The van der Waals surface area contributed by atoms with Gasteiger partial charge in [-0.2, -0.15) is 0 Å². The second-order valence-corrected chi connectivity index (χ2v) is 9.71. The fourth-order valence-electron chi connectivity index (χ4n) is 5.16. The topological polar surface area (TPSA) is 73.0 Å². The Morgan fingerprint density at radius 3 is 2.14 bits per heavy atom. The number of rotatable bonds is 8. The zero-order valence-electron chi connectivity index (χ0n) is 20.7. The van der Waals surface area contributed by atoms with Gasteiger partial charge < -0.3 is 10.2 Å². The molecule has 1 saturated heterocycles. The van der Waals surface area contributed by atoms with Crippen LogP contribution in [-0.4, -0.2) is 78.7 Å². The highest BCUT2D eigenvalue weighted by molar-refractivity contribution is 6.25. The van der Waals surface area contributed by atoms with E-state index >= 15 is 0 Å². The highest BCUT2D eigenvalue weighted by atomic mass is 16.2. The highest BCUT2D eigenvalue weighted by Gasteiger charge is 2.32. The summed E-state index contributed by atoms with van der Waals surface area (Å²) in [6.07, 6.45) is 0.659. The molecular weight excluding hydrogens is 452 g/mol. The molecular formula is C29H32N4O3. The van der Waals surface area contributed by atoms with Crippen molar-refractivity contribution in [2.45, 2.75) is 18.9 Å². The number of hydrogen-bond acceptors (Lipinski definition) is 5. The predicted octanol–water partition coefficient (Wildman–Crippen LogP) is 3.32. The van der Waals surface area contributed by atoms with Crippen LogP contribution in [0.3, 0.4) is 0 Å². The minimum atomic E-state index is -0.290. The van der Waals surface area contributed by atoms with Crippen LogP contribution in [-0.2, 0) is 4.79 Å². The van der Waals surface area contributed by atoms with Crippen LogP contribution in [0, 0.1) is 0 Å². The van der Waals surface area contributed by atoms with Crippen LogP contribution in [0.4, 0.5) is 0 Å². The van der Waals surface area contributed by atoms with Crippen molar-refractivity contribution in [2.75, 3.05) is 46.3 Å². The summed E-state index contributed by atoms with van der Waals surface area (Å²) in [4.78, 5) is 45.1. The zero-order chi connectivity index (χ0) is 25.1. The van der Waals surface area contributed by atoms with Crippen LogP contribution in [0.1, 0.15) is 45.2 Å². The molecule has 5 rings (SSSR count). The molecule has 186 valence electrons. The van der Waals surface area contributed by atoms with Crippen LogP contribution < -0.4 is 5.32 Å². The molecule has 2 heterocycles. The van der Waals surface area contributed by atoms with Crippen LogP contribution in [0.15, 0.2) is 66.7 Å². The lowest BCUT2D eigenvalue weighted by molar-refractivity contribution is -0.122. The number of carbonyl (C=O) groups is 3. The minimum Gasteiger partial charge on any atom is -0.348 e. The molecule has 0 bridgehead atoms. The maximum absolute atomic E-state index is 13.1. The molecule has 0 aromatic heterocycles. The second kappa shape index (κ2) is 10.6. The maximum atomic E-state index is 13.1. The van der Waals surface area contributed by atoms with Crippen LogP contribution in [0.25, 0.3) is 10.8 Å². The number of amides is 3. The number of carbonyl (C=O) groups excluding carboxylic acids is 3. The molecule has 1 atom stereocenters. The fourth-order valence-corrected chi connectivity index (χ4v) is 5.16. The highest BCUT2D eigenvalue weighted by Crippen LogP contribution is 2.30. The van der Waals surface area contributed by atoms with Crippen molar-refractivity contribution >= 4 is 28.5 Å². The first-order chi connectivity index (χ1) is 17.5. The third-order valence-electron chi connectivity index (χ3n) is 7.22. The van der Waals surface area contributed by atoms with Crippen molar-refractivity contribution < 1.29 is 14.4 Å². The lowest BCUT2D eigenvalue weighted by atomic mass is 9.94. The maximum Gasteiger partial charge on any atom is 0.261 e. The molecule has 7 nitrogen and oxygen atoms in total. The van der Waals surface area contributed by atoms with E-state index in [0.29, 0.717) is 17.5 Å². The van der Waals surface area contributed by atoms with Crippen molar-refractivity contribution in [3.63, 3.8) is 0 Å². The first-order valence-electron chi connectivity index (χ1n) is 12.6. The Hall–Kier alpha value is -3.55. The molecule has 3 amide bonds. The van der Waals surface area contributed by atoms with Gasteiger partial charge in [0.15, 0.2) is 0 Å². The van der Waals surface area contributed by atoms with E-state index < -0.39 is 0 Å². The van der Waals surface area contributed by atoms with E-state index in [2.05, 4.69) is 22.2 Å². The van der Waals surface area contributed by atoms with Crippen LogP contribution in [0.5, 0.6) is 0 Å². The summed E-state index contributed by atoms with van der Waals surface area (Å²) in [6, 6.07) is 21.0. The van der Waals surface area contributed by atoms with Gasteiger partial charge in [-0.25, -0.2) is 0 Å². The molecule has 36 heavy (non-hydrogen) atoms. The summed E-state index contributed by atoms with van der Waals surface area (Å²) in [7, 11) is 2.13. The van der Waals surface area contributed by atoms with Crippen molar-refractivity contribution in [2.24, 2.45) is 0 Å². The molecule has 0 spiro atoms. The Labute approximate surface area is 211 Å². The van der Waals surface area contributed by atoms with E-state index in [1.807, 2.05) is 54.6 Å². The number of hydrogen-bond donors (Lipinski definition) is 1. The number of piperazine rings is 1. The van der Waals surface area contributed by atoms with Gasteiger partial charge in [-0.15, -0.1) is 0 Å². The van der Waals surface area contributed by atoms with E-state index in [9.17, 15) is 14.4 Å². The van der Waals surface area contributed by atoms with Crippen molar-refractivity contribution in [1.82, 2.24) is 20.0 Å². The van der Waals surface area contributed by atoms with Gasteiger partial charge in [0.1, 0.15) is 0 Å². The quantitative estimate of drug-likeness (QED) is 0.497. The summed E-state index contributed by atoms with van der Waals surface area (Å²) >= 11 is 0. The molecule has 0 aliphatic carbocycles. The Morgan fingerprint density at radius 1 is 0.861 bits per heavy atom. The van der Waals surface area contributed by atoms with Crippen LogP contribution in [0.2, 0.25) is 0 Å². The summed E-state index contributed by atoms with van der Waals surface area (Å²) in [6.45, 7) is 4.96. The summed E-state index contributed by atoms with van der Waals surface area (Å²) in [5.74, 6) is -0.652. The smallest absolute Gasteiger partial charge is 0.261 e. The molecule has 1 fully saturated rings. The Balaban J connectivity index is 1.21. The minimum absolute atomic E-state index is 0.0719. The largest absolute Gasteiger partial charge is 0.348 e. The van der Waals surface area contributed by atoms with Crippen molar-refractivity contribution in [3.05, 3.63) is 83.4 Å². The SMILES string of the molecule is CN1CCN(CC(NC(=O)CCCN2C(=O)c3cccc4cccc(c34)C2=O)c2ccccc2)CC1. The van der Waals surface area contributed by atoms with Crippen molar-refractivity contribution in [1.29, 1.82) is 0 Å². The first kappa shape index (κ1) is 24.2. The third-order valence-corrected chi connectivity index (χ3v) is 7.22. The molecule has 2 aliphatic rings. The zero-order valence-corrected chi connectivity index (χ0v) is 20.7. The van der Waals surface area contributed by atoms with Crippen LogP contribution >= 0.6 is 0 Å². The molecule has 0 saturated carbocycles. The lowest BCUT2D eigenvalue weighted by Gasteiger charge is -2.35.